The van der Waals surface area contributed by atoms with Crippen molar-refractivity contribution < 1.29 is 4.74 Å². The second-order valence-electron chi connectivity index (χ2n) is 3.87. The minimum Gasteiger partial charge on any atom is -0.381 e. The monoisotopic (exact) mass is 235 g/mol. The Labute approximate surface area is 103 Å². The molecule has 0 bridgehead atoms. The molecule has 0 aliphatic carbocycles. The zero-order valence-electron chi connectivity index (χ0n) is 10.5. The average Bonchev–Trinajstić information content (AvgIpc) is 2.85. The first kappa shape index (κ1) is 13.7. The van der Waals surface area contributed by atoms with E-state index >= 15 is 0 Å². The van der Waals surface area contributed by atoms with Crippen molar-refractivity contribution in [3.05, 3.63) is 12.2 Å². The molecule has 1 N–H and O–H groups in total. The van der Waals surface area contributed by atoms with E-state index in [0.717, 1.165) is 31.7 Å². The molecule has 0 spiro atoms. The quantitative estimate of drug-likeness (QED) is 0.528. The van der Waals surface area contributed by atoms with E-state index in [2.05, 4.69) is 27.0 Å². The van der Waals surface area contributed by atoms with E-state index in [4.69, 9.17) is 4.74 Å². The van der Waals surface area contributed by atoms with E-state index in [1.54, 1.807) is 6.33 Å². The van der Waals surface area contributed by atoms with Crippen LogP contribution < -0.4 is 0 Å². The fourth-order valence-electron chi connectivity index (χ4n) is 1.52. The van der Waals surface area contributed by atoms with Gasteiger partial charge in [-0.15, -0.1) is 11.8 Å². The van der Waals surface area contributed by atoms with Crippen molar-refractivity contribution in [2.75, 3.05) is 13.2 Å². The maximum Gasteiger partial charge on any atom is 0.152 e. The van der Waals surface area contributed by atoms with Gasteiger partial charge < -0.3 is 4.74 Å². The summed E-state index contributed by atoms with van der Waals surface area (Å²) < 4.78 is 5.51. The van der Waals surface area contributed by atoms with E-state index in [9.17, 15) is 0 Å². The van der Waals surface area contributed by atoms with Crippen LogP contribution in [0.5, 0.6) is 0 Å². The van der Waals surface area contributed by atoms with E-state index in [0.29, 0.717) is 6.61 Å². The van der Waals surface area contributed by atoms with Crippen LogP contribution in [0.2, 0.25) is 0 Å². The standard InChI is InChI=1S/C13H21N3O/c1-2-3-4-5-6-7-8-10-17-11-9-13-14-12-15-16-13/h12H,4-11H2,1H3,(H,14,15,16). The van der Waals surface area contributed by atoms with E-state index < -0.39 is 0 Å². The maximum absolute atomic E-state index is 5.51. The average molecular weight is 235 g/mol. The van der Waals surface area contributed by atoms with Gasteiger partial charge in [-0.3, -0.25) is 5.10 Å². The molecule has 1 heterocycles. The highest BCUT2D eigenvalue weighted by Gasteiger charge is 1.96. The molecule has 0 aliphatic rings. The molecule has 0 radical (unpaired) electrons. The normalized spacial score (nSPS) is 9.94. The summed E-state index contributed by atoms with van der Waals surface area (Å²) in [5.74, 6) is 6.81. The Morgan fingerprint density at radius 3 is 2.88 bits per heavy atom. The van der Waals surface area contributed by atoms with Gasteiger partial charge in [0, 0.05) is 19.4 Å². The summed E-state index contributed by atoms with van der Waals surface area (Å²) in [6.45, 7) is 3.44. The first-order chi connectivity index (χ1) is 8.43. The van der Waals surface area contributed by atoms with Crippen molar-refractivity contribution in [3.63, 3.8) is 0 Å². The molecule has 1 aromatic rings. The topological polar surface area (TPSA) is 50.8 Å². The number of aromatic nitrogens is 3. The highest BCUT2D eigenvalue weighted by molar-refractivity contribution is 4.94. The lowest BCUT2D eigenvalue weighted by atomic mass is 10.1. The van der Waals surface area contributed by atoms with Gasteiger partial charge in [0.2, 0.25) is 0 Å². The van der Waals surface area contributed by atoms with Crippen LogP contribution >= 0.6 is 0 Å². The number of hydrogen-bond acceptors (Lipinski definition) is 3. The maximum atomic E-state index is 5.51. The van der Waals surface area contributed by atoms with Crippen molar-refractivity contribution in [1.82, 2.24) is 15.2 Å². The lowest BCUT2D eigenvalue weighted by Crippen LogP contribution is -2.01. The van der Waals surface area contributed by atoms with Crippen molar-refractivity contribution in [2.24, 2.45) is 0 Å². The molecule has 17 heavy (non-hydrogen) atoms. The third-order valence-corrected chi connectivity index (χ3v) is 2.45. The van der Waals surface area contributed by atoms with Gasteiger partial charge in [0.1, 0.15) is 6.33 Å². The summed E-state index contributed by atoms with van der Waals surface area (Å²) in [6.07, 6.45) is 8.23. The lowest BCUT2D eigenvalue weighted by Gasteiger charge is -2.02. The van der Waals surface area contributed by atoms with E-state index in [-0.39, 0.29) is 0 Å². The van der Waals surface area contributed by atoms with Crippen LogP contribution in [0.1, 0.15) is 44.9 Å². The smallest absolute Gasteiger partial charge is 0.152 e. The van der Waals surface area contributed by atoms with Crippen LogP contribution in [0, 0.1) is 11.8 Å². The fraction of sp³-hybridized carbons (Fsp3) is 0.692. The highest BCUT2D eigenvalue weighted by atomic mass is 16.5. The predicted molar refractivity (Wildman–Crippen MR) is 67.4 cm³/mol. The summed E-state index contributed by atoms with van der Waals surface area (Å²) in [7, 11) is 0. The Bertz CT molecular complexity index is 324. The van der Waals surface area contributed by atoms with Crippen LogP contribution in [0.3, 0.4) is 0 Å². The van der Waals surface area contributed by atoms with E-state index in [1.807, 2.05) is 6.92 Å². The lowest BCUT2D eigenvalue weighted by molar-refractivity contribution is 0.131. The minimum atomic E-state index is 0.708. The van der Waals surface area contributed by atoms with Gasteiger partial charge in [-0.25, -0.2) is 4.98 Å². The number of rotatable bonds is 9. The predicted octanol–water partition coefficient (Wildman–Crippen LogP) is 2.34. The van der Waals surface area contributed by atoms with Gasteiger partial charge in [0.15, 0.2) is 5.82 Å². The summed E-state index contributed by atoms with van der Waals surface area (Å²) in [6, 6.07) is 0. The minimum absolute atomic E-state index is 0.708. The van der Waals surface area contributed by atoms with Gasteiger partial charge >= 0.3 is 0 Å². The molecule has 0 saturated carbocycles. The Morgan fingerprint density at radius 2 is 2.12 bits per heavy atom. The molecule has 0 unspecified atom stereocenters. The Balaban J connectivity index is 1.79. The van der Waals surface area contributed by atoms with Crippen molar-refractivity contribution in [2.45, 2.75) is 45.4 Å². The third kappa shape index (κ3) is 7.53. The molecule has 0 saturated heterocycles. The molecule has 0 atom stereocenters. The summed E-state index contributed by atoms with van der Waals surface area (Å²) >= 11 is 0. The molecule has 0 fully saturated rings. The molecule has 0 aliphatic heterocycles. The van der Waals surface area contributed by atoms with Crippen molar-refractivity contribution in [1.29, 1.82) is 0 Å². The molecule has 4 nitrogen and oxygen atoms in total. The van der Waals surface area contributed by atoms with Crippen LogP contribution in [-0.4, -0.2) is 28.4 Å². The Morgan fingerprint density at radius 1 is 1.24 bits per heavy atom. The number of hydrogen-bond donors (Lipinski definition) is 1. The van der Waals surface area contributed by atoms with E-state index in [1.165, 1.54) is 19.3 Å². The summed E-state index contributed by atoms with van der Waals surface area (Å²) in [4.78, 5) is 4.03. The largest absolute Gasteiger partial charge is 0.381 e. The fourth-order valence-corrected chi connectivity index (χ4v) is 1.52. The van der Waals surface area contributed by atoms with Crippen molar-refractivity contribution >= 4 is 0 Å². The number of nitrogens with one attached hydrogen (secondary N) is 1. The third-order valence-electron chi connectivity index (χ3n) is 2.45. The van der Waals surface area contributed by atoms with Crippen LogP contribution in [0.4, 0.5) is 0 Å². The second kappa shape index (κ2) is 9.86. The molecule has 94 valence electrons. The van der Waals surface area contributed by atoms with Crippen LogP contribution in [-0.2, 0) is 11.2 Å². The zero-order chi connectivity index (χ0) is 12.2. The molecule has 1 aromatic heterocycles. The van der Waals surface area contributed by atoms with Crippen molar-refractivity contribution in [3.8, 4) is 11.8 Å². The molecular weight excluding hydrogens is 214 g/mol. The van der Waals surface area contributed by atoms with Crippen LogP contribution in [0.15, 0.2) is 6.33 Å². The zero-order valence-corrected chi connectivity index (χ0v) is 10.5. The van der Waals surface area contributed by atoms with Gasteiger partial charge in [-0.1, -0.05) is 12.8 Å². The molecule has 1 rings (SSSR count). The first-order valence-electron chi connectivity index (χ1n) is 6.25. The van der Waals surface area contributed by atoms with Crippen LogP contribution in [0.25, 0.3) is 0 Å². The molecular formula is C13H21N3O. The summed E-state index contributed by atoms with van der Waals surface area (Å²) in [5.41, 5.74) is 0. The number of ether oxygens (including phenoxy) is 1. The Kier molecular flexibility index (Phi) is 7.96. The molecule has 0 aromatic carbocycles. The van der Waals surface area contributed by atoms with Gasteiger partial charge in [-0.2, -0.15) is 5.10 Å². The van der Waals surface area contributed by atoms with Gasteiger partial charge in [0.05, 0.1) is 6.61 Å². The first-order valence-corrected chi connectivity index (χ1v) is 6.25. The highest BCUT2D eigenvalue weighted by Crippen LogP contribution is 2.02. The second-order valence-corrected chi connectivity index (χ2v) is 3.87. The molecule has 0 amide bonds. The number of H-pyrrole nitrogens is 1. The van der Waals surface area contributed by atoms with Gasteiger partial charge in [0.25, 0.3) is 0 Å². The SMILES string of the molecule is CC#CCCCCCCOCCc1nc[nH]n1. The number of nitrogens with zero attached hydrogens (tertiary/aromatic N) is 2. The number of aromatic amines is 1. The molecule has 4 heteroatoms. The number of unbranched alkanes of at least 4 members (excludes halogenated alkanes) is 4. The Hall–Kier alpha value is -1.34. The van der Waals surface area contributed by atoms with Gasteiger partial charge in [-0.05, 0) is 19.8 Å². The summed E-state index contributed by atoms with van der Waals surface area (Å²) in [5, 5.41) is 6.65.